The molecule has 0 bridgehead atoms. The second-order valence-electron chi connectivity index (χ2n) is 16.9. The molecule has 0 N–H and O–H groups in total. The Morgan fingerprint density at radius 2 is 0.531 bits per heavy atom. The van der Waals surface area contributed by atoms with Crippen LogP contribution in [0.25, 0.3) is 121 Å². The summed E-state index contributed by atoms with van der Waals surface area (Å²) in [6, 6.07) is 89.2. The molecule has 0 aliphatic rings. The summed E-state index contributed by atoms with van der Waals surface area (Å²) in [6.07, 6.45) is 0. The lowest BCUT2D eigenvalue weighted by Gasteiger charge is -2.17. The van der Waals surface area contributed by atoms with Crippen molar-refractivity contribution < 1.29 is 0 Å². The van der Waals surface area contributed by atoms with Gasteiger partial charge in [0, 0.05) is 32.9 Å². The fourth-order valence-electron chi connectivity index (χ4n) is 10.3. The van der Waals surface area contributed by atoms with Crippen LogP contribution in [0.1, 0.15) is 0 Å². The van der Waals surface area contributed by atoms with Gasteiger partial charge < -0.3 is 9.13 Å². The predicted molar refractivity (Wildman–Crippen MR) is 272 cm³/mol. The molecule has 2 nitrogen and oxygen atoms in total. The molecule has 0 radical (unpaired) electrons. The first-order valence-corrected chi connectivity index (χ1v) is 22.1. The number of benzene rings is 11. The fraction of sp³-hybridized carbons (Fsp3) is 0. The fourth-order valence-corrected chi connectivity index (χ4v) is 10.3. The lowest BCUT2D eigenvalue weighted by Crippen LogP contribution is -1.96. The van der Waals surface area contributed by atoms with Gasteiger partial charge in [0.25, 0.3) is 0 Å². The number of hydrogen-bond donors (Lipinski definition) is 0. The molecule has 2 aromatic heterocycles. The monoisotopic (exact) mass is 812 g/mol. The van der Waals surface area contributed by atoms with Crippen LogP contribution < -0.4 is 0 Å². The Morgan fingerprint density at radius 3 is 0.906 bits per heavy atom. The molecule has 0 aliphatic carbocycles. The highest BCUT2D eigenvalue weighted by molar-refractivity contribution is 6.12. The van der Waals surface area contributed by atoms with Gasteiger partial charge in [0.15, 0.2) is 0 Å². The van der Waals surface area contributed by atoms with E-state index in [0.29, 0.717) is 0 Å². The lowest BCUT2D eigenvalue weighted by atomic mass is 9.90. The van der Waals surface area contributed by atoms with Crippen LogP contribution in [-0.2, 0) is 0 Å². The number of rotatable bonds is 6. The number of para-hydroxylation sites is 4. The van der Waals surface area contributed by atoms with Crippen molar-refractivity contribution in [2.45, 2.75) is 0 Å². The van der Waals surface area contributed by atoms with Gasteiger partial charge in [-0.25, -0.2) is 0 Å². The molecule has 13 aromatic rings. The zero-order valence-electron chi connectivity index (χ0n) is 35.0. The first-order chi connectivity index (χ1) is 31.7. The third kappa shape index (κ3) is 5.81. The van der Waals surface area contributed by atoms with Crippen molar-refractivity contribution in [1.29, 1.82) is 0 Å². The van der Waals surface area contributed by atoms with Crippen molar-refractivity contribution in [2.75, 3.05) is 0 Å². The van der Waals surface area contributed by atoms with Crippen LogP contribution in [0.5, 0.6) is 0 Å². The van der Waals surface area contributed by atoms with Crippen molar-refractivity contribution in [3.63, 3.8) is 0 Å². The third-order valence-electron chi connectivity index (χ3n) is 13.2. The summed E-state index contributed by atoms with van der Waals surface area (Å²) < 4.78 is 4.87. The molecule has 298 valence electrons. The van der Waals surface area contributed by atoms with E-state index in [1.165, 1.54) is 110 Å². The second-order valence-corrected chi connectivity index (χ2v) is 16.9. The van der Waals surface area contributed by atoms with Gasteiger partial charge >= 0.3 is 0 Å². The summed E-state index contributed by atoms with van der Waals surface area (Å²) in [5.74, 6) is 0. The Labute approximate surface area is 371 Å². The SMILES string of the molecule is c1ccc(-c2cc(-c3cccc4cc5c(-c6cc(-c7ccccc7)cc(-n7c8ccccc8c8ccccc87)c6)cccc5cc34)cc(-n3c4ccccc4c4ccccc43)c2)cc1. The highest BCUT2D eigenvalue weighted by Gasteiger charge is 2.18. The Hall–Kier alpha value is -8.46. The molecular formula is C62H40N2. The smallest absolute Gasteiger partial charge is 0.0541 e. The Morgan fingerprint density at radius 1 is 0.203 bits per heavy atom. The van der Waals surface area contributed by atoms with E-state index in [1.807, 2.05) is 0 Å². The zero-order chi connectivity index (χ0) is 42.1. The molecule has 13 rings (SSSR count). The van der Waals surface area contributed by atoms with Gasteiger partial charge in [0.2, 0.25) is 0 Å². The minimum Gasteiger partial charge on any atom is -0.309 e. The molecule has 0 fully saturated rings. The normalized spacial score (nSPS) is 11.8. The minimum absolute atomic E-state index is 1.14. The maximum absolute atomic E-state index is 2.44. The maximum Gasteiger partial charge on any atom is 0.0541 e. The van der Waals surface area contributed by atoms with Crippen molar-refractivity contribution in [3.05, 3.63) is 243 Å². The maximum atomic E-state index is 2.44. The first-order valence-electron chi connectivity index (χ1n) is 22.1. The van der Waals surface area contributed by atoms with Crippen LogP contribution in [0.2, 0.25) is 0 Å². The van der Waals surface area contributed by atoms with Gasteiger partial charge in [-0.05, 0) is 139 Å². The molecule has 0 amide bonds. The lowest BCUT2D eigenvalue weighted by molar-refractivity contribution is 1.18. The van der Waals surface area contributed by atoms with Crippen LogP contribution in [-0.4, -0.2) is 9.13 Å². The van der Waals surface area contributed by atoms with Crippen LogP contribution in [0.3, 0.4) is 0 Å². The standard InChI is InChI=1S/C62H40N2/c1-3-17-41(18-4-1)45-33-47(37-49(35-45)63-59-29-11-7-23-53(59)54-24-8-12-30-60(54)63)51-27-15-21-43-40-58-44(39-57(43)51)22-16-28-52(58)48-34-46(42-19-5-2-6-20-42)36-50(38-48)64-61-31-13-9-25-55(61)56-26-10-14-32-62(56)64/h1-40H. The summed E-state index contributed by atoms with van der Waals surface area (Å²) in [5.41, 5.74) is 16.7. The van der Waals surface area contributed by atoms with E-state index in [9.17, 15) is 0 Å². The van der Waals surface area contributed by atoms with Crippen LogP contribution >= 0.6 is 0 Å². The molecular weight excluding hydrogens is 773 g/mol. The quantitative estimate of drug-likeness (QED) is 0.148. The van der Waals surface area contributed by atoms with Gasteiger partial charge in [-0.15, -0.1) is 0 Å². The average molecular weight is 813 g/mol. The number of aromatic nitrogens is 2. The van der Waals surface area contributed by atoms with Gasteiger partial charge in [0.1, 0.15) is 0 Å². The van der Waals surface area contributed by atoms with Crippen LogP contribution in [0, 0.1) is 0 Å². The van der Waals surface area contributed by atoms with Crippen molar-refractivity contribution >= 4 is 65.2 Å². The predicted octanol–water partition coefficient (Wildman–Crippen LogP) is 16.9. The molecule has 0 saturated carbocycles. The largest absolute Gasteiger partial charge is 0.309 e. The molecule has 0 unspecified atom stereocenters. The summed E-state index contributed by atoms with van der Waals surface area (Å²) >= 11 is 0. The van der Waals surface area contributed by atoms with Crippen molar-refractivity contribution in [2.24, 2.45) is 0 Å². The van der Waals surface area contributed by atoms with E-state index < -0.39 is 0 Å². The van der Waals surface area contributed by atoms with E-state index in [1.54, 1.807) is 0 Å². The van der Waals surface area contributed by atoms with E-state index in [-0.39, 0.29) is 0 Å². The number of nitrogens with zero attached hydrogens (tertiary/aromatic N) is 2. The summed E-state index contributed by atoms with van der Waals surface area (Å²) in [7, 11) is 0. The van der Waals surface area contributed by atoms with Crippen LogP contribution in [0.15, 0.2) is 243 Å². The summed E-state index contributed by atoms with van der Waals surface area (Å²) in [4.78, 5) is 0. The number of hydrogen-bond acceptors (Lipinski definition) is 0. The van der Waals surface area contributed by atoms with Gasteiger partial charge in [-0.1, -0.05) is 170 Å². The third-order valence-corrected chi connectivity index (χ3v) is 13.2. The van der Waals surface area contributed by atoms with Crippen molar-refractivity contribution in [1.82, 2.24) is 9.13 Å². The average Bonchev–Trinajstić information content (AvgIpc) is 3.89. The van der Waals surface area contributed by atoms with Gasteiger partial charge in [-0.3, -0.25) is 0 Å². The molecule has 64 heavy (non-hydrogen) atoms. The molecule has 0 saturated heterocycles. The van der Waals surface area contributed by atoms with Gasteiger partial charge in [-0.2, -0.15) is 0 Å². The summed E-state index contributed by atoms with van der Waals surface area (Å²) in [5, 5.41) is 9.92. The molecule has 0 spiro atoms. The first kappa shape index (κ1) is 36.2. The zero-order valence-corrected chi connectivity index (χ0v) is 35.0. The molecule has 2 heterocycles. The second kappa shape index (κ2) is 14.6. The van der Waals surface area contributed by atoms with E-state index >= 15 is 0 Å². The van der Waals surface area contributed by atoms with E-state index in [4.69, 9.17) is 0 Å². The highest BCUT2D eigenvalue weighted by Crippen LogP contribution is 2.42. The Balaban J connectivity index is 1.02. The molecule has 2 heteroatoms. The molecule has 0 aliphatic heterocycles. The topological polar surface area (TPSA) is 9.86 Å². The van der Waals surface area contributed by atoms with Crippen LogP contribution in [0.4, 0.5) is 0 Å². The highest BCUT2D eigenvalue weighted by atomic mass is 15.0. The Kier molecular flexibility index (Phi) is 8.25. The minimum atomic E-state index is 1.14. The van der Waals surface area contributed by atoms with E-state index in [2.05, 4.69) is 252 Å². The Bertz CT molecular complexity index is 3580. The summed E-state index contributed by atoms with van der Waals surface area (Å²) in [6.45, 7) is 0. The van der Waals surface area contributed by atoms with E-state index in [0.717, 1.165) is 11.4 Å². The van der Waals surface area contributed by atoms with Gasteiger partial charge in [0.05, 0.1) is 22.1 Å². The number of fused-ring (bicyclic) bond motifs is 8. The van der Waals surface area contributed by atoms with Crippen molar-refractivity contribution in [3.8, 4) is 55.9 Å². The molecule has 11 aromatic carbocycles. The molecule has 0 atom stereocenters.